The molecule has 0 atom stereocenters. The Morgan fingerprint density at radius 3 is 2.12 bits per heavy atom. The number of hydrogen-bond acceptors (Lipinski definition) is 3. The van der Waals surface area contributed by atoms with E-state index in [0.717, 1.165) is 12.1 Å². The molecule has 4 nitrogen and oxygen atoms in total. The molecule has 0 unspecified atom stereocenters. The van der Waals surface area contributed by atoms with Crippen molar-refractivity contribution in [2.24, 2.45) is 0 Å². The van der Waals surface area contributed by atoms with Gasteiger partial charge in [-0.05, 0) is 24.3 Å². The molecule has 0 fully saturated rings. The van der Waals surface area contributed by atoms with Gasteiger partial charge in [0.15, 0.2) is 0 Å². The summed E-state index contributed by atoms with van der Waals surface area (Å²) in [6.45, 7) is -0.487. The molecule has 0 saturated heterocycles. The number of anilines is 1. The van der Waals surface area contributed by atoms with Gasteiger partial charge in [-0.25, -0.2) is 21.9 Å². The highest BCUT2D eigenvalue weighted by atomic mass is 35.5. The highest BCUT2D eigenvalue weighted by Gasteiger charge is 2.19. The summed E-state index contributed by atoms with van der Waals surface area (Å²) in [6, 6.07) is 13.0. The van der Waals surface area contributed by atoms with Gasteiger partial charge < -0.3 is 5.73 Å². The maximum Gasteiger partial charge on any atom is 0.241 e. The molecule has 3 aromatic rings. The summed E-state index contributed by atoms with van der Waals surface area (Å²) in [7, 11) is -3.97. The van der Waals surface area contributed by atoms with E-state index >= 15 is 0 Å². The van der Waals surface area contributed by atoms with Gasteiger partial charge in [-0.3, -0.25) is 0 Å². The van der Waals surface area contributed by atoms with Crippen LogP contribution < -0.4 is 10.5 Å². The Morgan fingerprint density at radius 1 is 0.880 bits per heavy atom. The van der Waals surface area contributed by atoms with Gasteiger partial charge in [0.2, 0.25) is 10.0 Å². The molecule has 3 rings (SSSR count). The van der Waals surface area contributed by atoms with Crippen molar-refractivity contribution < 1.29 is 17.2 Å². The monoisotopic (exact) mass is 384 g/mol. The quantitative estimate of drug-likeness (QED) is 0.675. The lowest BCUT2D eigenvalue weighted by molar-refractivity contribution is 0.544. The van der Waals surface area contributed by atoms with Crippen molar-refractivity contribution >= 4 is 38.9 Å². The second kappa shape index (κ2) is 7.35. The summed E-state index contributed by atoms with van der Waals surface area (Å²) in [5, 5.41) is 1.04. The average molecular weight is 385 g/mol. The molecule has 8 heteroatoms. The average Bonchev–Trinajstić information content (AvgIpc) is 2.54. The minimum Gasteiger partial charge on any atom is -0.398 e. The molecule has 3 N–H and O–H groups in total. The molecule has 25 heavy (non-hydrogen) atoms. The third kappa shape index (κ3) is 3.73. The third-order valence-electron chi connectivity index (χ3n) is 3.71. The van der Waals surface area contributed by atoms with E-state index < -0.39 is 28.2 Å². The molecule has 0 spiro atoms. The zero-order chi connectivity index (χ0) is 17.3. The number of nitrogens with two attached hydrogens (primary N) is 1. The van der Waals surface area contributed by atoms with Crippen LogP contribution >= 0.6 is 12.4 Å². The number of rotatable bonds is 4. The molecule has 132 valence electrons. The second-order valence-corrected chi connectivity index (χ2v) is 6.96. The van der Waals surface area contributed by atoms with E-state index in [-0.39, 0.29) is 22.9 Å². The summed E-state index contributed by atoms with van der Waals surface area (Å²) in [5.41, 5.74) is 5.97. The first-order valence-corrected chi connectivity index (χ1v) is 8.58. The Hall–Kier alpha value is -2.22. The molecule has 0 aliphatic carbocycles. The van der Waals surface area contributed by atoms with Gasteiger partial charge in [-0.15, -0.1) is 12.4 Å². The Labute approximate surface area is 150 Å². The molecule has 0 aliphatic heterocycles. The highest BCUT2D eigenvalue weighted by Crippen LogP contribution is 2.27. The number of hydrogen-bond donors (Lipinski definition) is 2. The van der Waals surface area contributed by atoms with Crippen LogP contribution in [0.3, 0.4) is 0 Å². The molecule has 0 radical (unpaired) electrons. The van der Waals surface area contributed by atoms with Crippen molar-refractivity contribution in [3.05, 3.63) is 71.8 Å². The molecule has 0 amide bonds. The van der Waals surface area contributed by atoms with Gasteiger partial charge in [-0.2, -0.15) is 0 Å². The fourth-order valence-corrected chi connectivity index (χ4v) is 3.70. The summed E-state index contributed by atoms with van der Waals surface area (Å²) < 4.78 is 54.6. The topological polar surface area (TPSA) is 72.2 Å². The zero-order valence-electron chi connectivity index (χ0n) is 12.9. The molecule has 0 bridgehead atoms. The van der Waals surface area contributed by atoms with Gasteiger partial charge in [-0.1, -0.05) is 30.3 Å². The lowest BCUT2D eigenvalue weighted by Gasteiger charge is -2.11. The number of benzene rings is 3. The van der Waals surface area contributed by atoms with Crippen LogP contribution in [0.4, 0.5) is 14.5 Å². The first kappa shape index (κ1) is 19.1. The Bertz CT molecular complexity index is 1010. The van der Waals surface area contributed by atoms with E-state index in [4.69, 9.17) is 5.73 Å². The van der Waals surface area contributed by atoms with Crippen molar-refractivity contribution in [1.29, 1.82) is 0 Å². The lowest BCUT2D eigenvalue weighted by atomic mass is 10.1. The predicted octanol–water partition coefficient (Wildman–Crippen LogP) is 3.60. The van der Waals surface area contributed by atoms with E-state index in [1.54, 1.807) is 30.3 Å². The first-order chi connectivity index (χ1) is 11.4. The first-order valence-electron chi connectivity index (χ1n) is 7.10. The number of halogens is 3. The summed E-state index contributed by atoms with van der Waals surface area (Å²) in [4.78, 5) is 0.00375. The van der Waals surface area contributed by atoms with Gasteiger partial charge >= 0.3 is 0 Å². The molecule has 0 saturated carbocycles. The molecule has 3 aromatic carbocycles. The van der Waals surface area contributed by atoms with E-state index in [1.165, 1.54) is 12.1 Å². The van der Waals surface area contributed by atoms with Crippen LogP contribution in [0.1, 0.15) is 5.56 Å². The number of sulfonamides is 1. The van der Waals surface area contributed by atoms with Crippen LogP contribution in [-0.2, 0) is 16.6 Å². The van der Waals surface area contributed by atoms with Gasteiger partial charge in [0, 0.05) is 28.6 Å². The van der Waals surface area contributed by atoms with E-state index in [2.05, 4.69) is 4.72 Å². The zero-order valence-corrected chi connectivity index (χ0v) is 14.5. The minimum absolute atomic E-state index is 0. The maximum atomic E-state index is 13.6. The van der Waals surface area contributed by atoms with Crippen LogP contribution in [-0.4, -0.2) is 8.42 Å². The smallest absolute Gasteiger partial charge is 0.241 e. The summed E-state index contributed by atoms with van der Waals surface area (Å²) >= 11 is 0. The molecular formula is C17H15ClF2N2O2S. The summed E-state index contributed by atoms with van der Waals surface area (Å²) in [6.07, 6.45) is 0. The van der Waals surface area contributed by atoms with Gasteiger partial charge in [0.05, 0.1) is 4.90 Å². The highest BCUT2D eigenvalue weighted by molar-refractivity contribution is 7.89. The van der Waals surface area contributed by atoms with Crippen molar-refractivity contribution in [3.8, 4) is 0 Å². The minimum atomic E-state index is -3.97. The van der Waals surface area contributed by atoms with Gasteiger partial charge in [0.25, 0.3) is 0 Å². The van der Waals surface area contributed by atoms with Crippen LogP contribution in [0.5, 0.6) is 0 Å². The normalized spacial score (nSPS) is 11.3. The van der Waals surface area contributed by atoms with E-state index in [1.807, 2.05) is 0 Å². The van der Waals surface area contributed by atoms with E-state index in [0.29, 0.717) is 16.5 Å². The van der Waals surface area contributed by atoms with Crippen LogP contribution in [0.2, 0.25) is 0 Å². The van der Waals surface area contributed by atoms with Crippen molar-refractivity contribution in [1.82, 2.24) is 4.72 Å². The molecule has 0 aromatic heterocycles. The van der Waals surface area contributed by atoms with Gasteiger partial charge in [0.1, 0.15) is 11.6 Å². The maximum absolute atomic E-state index is 13.6. The molecular weight excluding hydrogens is 370 g/mol. The molecule has 0 heterocycles. The largest absolute Gasteiger partial charge is 0.398 e. The predicted molar refractivity (Wildman–Crippen MR) is 96.0 cm³/mol. The number of nitrogens with one attached hydrogen (secondary N) is 1. The van der Waals surface area contributed by atoms with Crippen molar-refractivity contribution in [2.45, 2.75) is 11.4 Å². The fourth-order valence-electron chi connectivity index (χ4n) is 2.49. The van der Waals surface area contributed by atoms with Crippen LogP contribution in [0, 0.1) is 11.6 Å². The Morgan fingerprint density at radius 2 is 1.44 bits per heavy atom. The van der Waals surface area contributed by atoms with Crippen LogP contribution in [0.25, 0.3) is 10.8 Å². The Balaban J connectivity index is 0.00000225. The van der Waals surface area contributed by atoms with Crippen LogP contribution in [0.15, 0.2) is 59.5 Å². The van der Waals surface area contributed by atoms with Crippen molar-refractivity contribution in [3.63, 3.8) is 0 Å². The second-order valence-electron chi connectivity index (χ2n) is 5.22. The molecule has 0 aliphatic rings. The number of fused-ring (bicyclic) bond motifs is 1. The SMILES string of the molecule is Cl.Nc1cccc2c(S(=O)(=O)NCc3c(F)cccc3F)cccc12. The summed E-state index contributed by atoms with van der Waals surface area (Å²) in [5.74, 6) is -1.61. The van der Waals surface area contributed by atoms with Crippen molar-refractivity contribution in [2.75, 3.05) is 5.73 Å². The third-order valence-corrected chi connectivity index (χ3v) is 5.17. The fraction of sp³-hybridized carbons (Fsp3) is 0.0588. The number of nitrogen functional groups attached to an aromatic ring is 1. The lowest BCUT2D eigenvalue weighted by Crippen LogP contribution is -2.24. The standard InChI is InChI=1S/C17H14F2N2O2S.ClH/c18-14-6-3-7-15(19)13(14)10-21-24(22,23)17-9-2-4-11-12(17)5-1-8-16(11)20;/h1-9,21H,10,20H2;1H. The Kier molecular flexibility index (Phi) is 5.62. The van der Waals surface area contributed by atoms with E-state index in [9.17, 15) is 17.2 Å².